The van der Waals surface area contributed by atoms with Crippen molar-refractivity contribution < 1.29 is 53.8 Å². The molecule has 0 aliphatic heterocycles. The van der Waals surface area contributed by atoms with Crippen LogP contribution in [0.3, 0.4) is 0 Å². The van der Waals surface area contributed by atoms with Gasteiger partial charge in [-0.25, -0.2) is 9.18 Å². The highest BCUT2D eigenvalue weighted by Crippen LogP contribution is 2.58. The number of hydrogen-bond donors (Lipinski definition) is 3. The van der Waals surface area contributed by atoms with Crippen molar-refractivity contribution in [2.75, 3.05) is 17.7 Å². The van der Waals surface area contributed by atoms with E-state index in [0.717, 1.165) is 0 Å². The summed E-state index contributed by atoms with van der Waals surface area (Å²) < 4.78 is 125. The Morgan fingerprint density at radius 2 is 1.25 bits per heavy atom. The summed E-state index contributed by atoms with van der Waals surface area (Å²) >= 11 is 0. The third kappa shape index (κ3) is 6.05. The van der Waals surface area contributed by atoms with Crippen molar-refractivity contribution in [3.8, 4) is 11.5 Å². The molecule has 0 aliphatic carbocycles. The number of hydrogen-bond acceptors (Lipinski definition) is 4. The van der Waals surface area contributed by atoms with Gasteiger partial charge in [0.05, 0.1) is 0 Å². The maximum Gasteiger partial charge on any atom is 0.457 e. The Morgan fingerprint density at radius 1 is 0.725 bits per heavy atom. The zero-order chi connectivity index (χ0) is 29.9. The van der Waals surface area contributed by atoms with Crippen molar-refractivity contribution in [3.05, 3.63) is 78.1 Å². The molecule has 1 unspecified atom stereocenters. The molecule has 1 heterocycles. The monoisotopic (exact) mass is 580 g/mol. The Balaban J connectivity index is 1.68. The maximum atomic E-state index is 14.5. The molecule has 3 amide bonds. The fourth-order valence-corrected chi connectivity index (χ4v) is 3.26. The number of amides is 3. The molecule has 0 saturated carbocycles. The highest BCUT2D eigenvalue weighted by molar-refractivity contribution is 5.99. The van der Waals surface area contributed by atoms with E-state index in [2.05, 4.69) is 20.9 Å². The van der Waals surface area contributed by atoms with Crippen molar-refractivity contribution >= 4 is 23.3 Å². The van der Waals surface area contributed by atoms with Gasteiger partial charge in [0.25, 0.3) is 5.91 Å². The van der Waals surface area contributed by atoms with Crippen LogP contribution in [0.4, 0.5) is 55.7 Å². The van der Waals surface area contributed by atoms with Crippen LogP contribution in [0.25, 0.3) is 0 Å². The molecule has 1 aromatic heterocycles. The number of ether oxygens (including phenoxy) is 1. The molecule has 40 heavy (non-hydrogen) atoms. The number of alkyl halides is 9. The Kier molecular flexibility index (Phi) is 8.22. The number of pyridine rings is 1. The van der Waals surface area contributed by atoms with E-state index in [0.29, 0.717) is 17.9 Å². The number of benzene rings is 2. The average molecular weight is 580 g/mol. The number of anilines is 2. The lowest BCUT2D eigenvalue weighted by Gasteiger charge is -2.36. The van der Waals surface area contributed by atoms with Crippen LogP contribution in [0.2, 0.25) is 0 Å². The van der Waals surface area contributed by atoms with E-state index in [1.807, 2.05) is 0 Å². The topological polar surface area (TPSA) is 92.4 Å². The molecule has 3 aromatic rings. The highest BCUT2D eigenvalue weighted by atomic mass is 19.4. The molecule has 0 bridgehead atoms. The number of halogens is 9. The van der Waals surface area contributed by atoms with E-state index in [1.54, 1.807) is 0 Å². The minimum absolute atomic E-state index is 0.0591. The molecule has 16 heteroatoms. The fourth-order valence-electron chi connectivity index (χ4n) is 3.26. The molecule has 3 rings (SSSR count). The first-order chi connectivity index (χ1) is 18.5. The van der Waals surface area contributed by atoms with Crippen LogP contribution in [0.15, 0.2) is 66.9 Å². The van der Waals surface area contributed by atoms with Crippen LogP contribution in [-0.4, -0.2) is 42.2 Å². The van der Waals surface area contributed by atoms with Gasteiger partial charge in [-0.15, -0.1) is 0 Å². The van der Waals surface area contributed by atoms with E-state index >= 15 is 0 Å². The van der Waals surface area contributed by atoms with Gasteiger partial charge in [0.1, 0.15) is 17.2 Å². The SMILES string of the molecule is CNC(=O)c1cc(Oc2ccc(NC(=O)Nc3ccc(C(F)(C(F)(F)F)C(F)(F)C(F)(F)F)cc3)cc2)ccn1. The summed E-state index contributed by atoms with van der Waals surface area (Å²) in [6.07, 6.45) is -12.1. The van der Waals surface area contributed by atoms with Gasteiger partial charge in [0.2, 0.25) is 0 Å². The predicted molar refractivity (Wildman–Crippen MR) is 123 cm³/mol. The van der Waals surface area contributed by atoms with Crippen LogP contribution in [0.5, 0.6) is 11.5 Å². The number of urea groups is 1. The Labute approximate surface area is 219 Å². The van der Waals surface area contributed by atoms with Crippen LogP contribution in [-0.2, 0) is 5.67 Å². The van der Waals surface area contributed by atoms with Crippen molar-refractivity contribution in [1.29, 1.82) is 0 Å². The van der Waals surface area contributed by atoms with Crippen molar-refractivity contribution in [2.24, 2.45) is 0 Å². The second kappa shape index (κ2) is 10.9. The summed E-state index contributed by atoms with van der Waals surface area (Å²) in [5.74, 6) is -6.66. The van der Waals surface area contributed by atoms with Gasteiger partial charge in [-0.1, -0.05) is 12.1 Å². The normalized spacial score (nSPS) is 13.7. The number of carbonyl (C=O) groups is 2. The second-order valence-corrected chi connectivity index (χ2v) is 7.97. The molecular formula is C24H17F9N4O3. The number of carbonyl (C=O) groups excluding carboxylic acids is 2. The molecule has 0 aliphatic rings. The minimum Gasteiger partial charge on any atom is -0.457 e. The van der Waals surface area contributed by atoms with Crippen LogP contribution < -0.4 is 20.7 Å². The van der Waals surface area contributed by atoms with Gasteiger partial charge in [-0.05, 0) is 42.5 Å². The summed E-state index contributed by atoms with van der Waals surface area (Å²) in [7, 11) is 1.43. The predicted octanol–water partition coefficient (Wildman–Crippen LogP) is 6.80. The summed E-state index contributed by atoms with van der Waals surface area (Å²) in [6.45, 7) is 0. The average Bonchev–Trinajstić information content (AvgIpc) is 2.88. The van der Waals surface area contributed by atoms with Crippen molar-refractivity contribution in [2.45, 2.75) is 23.9 Å². The first kappa shape index (κ1) is 30.0. The summed E-state index contributed by atoms with van der Waals surface area (Å²) in [5.41, 5.74) is -8.14. The van der Waals surface area contributed by atoms with Gasteiger partial charge in [-0.2, -0.15) is 35.1 Å². The number of rotatable bonds is 7. The zero-order valence-electron chi connectivity index (χ0n) is 19.9. The molecule has 3 N–H and O–H groups in total. The van der Waals surface area contributed by atoms with Gasteiger partial charge in [0.15, 0.2) is 0 Å². The van der Waals surface area contributed by atoms with Gasteiger partial charge < -0.3 is 20.7 Å². The maximum absolute atomic E-state index is 14.5. The largest absolute Gasteiger partial charge is 0.457 e. The third-order valence-corrected chi connectivity index (χ3v) is 5.26. The first-order valence-electron chi connectivity index (χ1n) is 10.8. The molecule has 1 atom stereocenters. The third-order valence-electron chi connectivity index (χ3n) is 5.26. The van der Waals surface area contributed by atoms with E-state index in [4.69, 9.17) is 4.74 Å². The molecule has 0 radical (unpaired) electrons. The minimum atomic E-state index is -6.85. The fraction of sp³-hybridized carbons (Fsp3) is 0.208. The Hall–Kier alpha value is -4.50. The molecule has 214 valence electrons. The van der Waals surface area contributed by atoms with E-state index in [9.17, 15) is 49.1 Å². The summed E-state index contributed by atoms with van der Waals surface area (Å²) in [4.78, 5) is 27.7. The molecular weight excluding hydrogens is 563 g/mol. The lowest BCUT2D eigenvalue weighted by molar-refractivity contribution is -0.389. The standard InChI is InChI=1S/C24H17F9N4O3/c1-34-19(38)18-12-17(10-11-35-18)40-16-8-6-15(7-9-16)37-20(39)36-14-4-2-13(3-5-14)21(25,23(28,29)30)22(26,27)24(31,32)33/h2-12H,1H3,(H,34,38)(H2,36,37,39). The molecule has 0 spiro atoms. The number of aromatic nitrogens is 1. The second-order valence-electron chi connectivity index (χ2n) is 7.97. The van der Waals surface area contributed by atoms with E-state index < -0.39 is 41.4 Å². The summed E-state index contributed by atoms with van der Waals surface area (Å²) in [5, 5.41) is 6.85. The first-order valence-corrected chi connectivity index (χ1v) is 10.8. The zero-order valence-corrected chi connectivity index (χ0v) is 19.9. The van der Waals surface area contributed by atoms with Gasteiger partial charge in [-0.3, -0.25) is 9.78 Å². The van der Waals surface area contributed by atoms with Gasteiger partial charge in [0, 0.05) is 36.2 Å². The van der Waals surface area contributed by atoms with Crippen LogP contribution in [0, 0.1) is 0 Å². The number of nitrogens with zero attached hydrogens (tertiary/aromatic N) is 1. The Bertz CT molecular complexity index is 1360. The smallest absolute Gasteiger partial charge is 0.457 e. The highest BCUT2D eigenvalue weighted by Gasteiger charge is 2.81. The van der Waals surface area contributed by atoms with Crippen LogP contribution in [0.1, 0.15) is 16.1 Å². The number of nitrogens with one attached hydrogen (secondary N) is 3. The summed E-state index contributed by atoms with van der Waals surface area (Å²) in [6, 6.07) is 8.71. The quantitative estimate of drug-likeness (QED) is 0.268. The van der Waals surface area contributed by atoms with Crippen molar-refractivity contribution in [3.63, 3.8) is 0 Å². The molecule has 7 nitrogen and oxygen atoms in total. The molecule has 0 saturated heterocycles. The lowest BCUT2D eigenvalue weighted by Crippen LogP contribution is -2.59. The molecule has 2 aromatic carbocycles. The van der Waals surface area contributed by atoms with E-state index in [-0.39, 0.29) is 35.0 Å². The Morgan fingerprint density at radius 3 is 1.73 bits per heavy atom. The van der Waals surface area contributed by atoms with E-state index in [1.165, 1.54) is 49.6 Å². The molecule has 0 fully saturated rings. The van der Waals surface area contributed by atoms with Crippen LogP contribution >= 0.6 is 0 Å². The van der Waals surface area contributed by atoms with Crippen molar-refractivity contribution in [1.82, 2.24) is 10.3 Å². The lowest BCUT2D eigenvalue weighted by atomic mass is 9.87. The van der Waals surface area contributed by atoms with Gasteiger partial charge >= 0.3 is 30.0 Å².